The minimum atomic E-state index is -0.262. The van der Waals surface area contributed by atoms with Crippen molar-refractivity contribution in [1.29, 1.82) is 0 Å². The summed E-state index contributed by atoms with van der Waals surface area (Å²) in [4.78, 5) is 12.6. The number of nitrogens with zero attached hydrogens (tertiary/aromatic N) is 3. The highest BCUT2D eigenvalue weighted by Crippen LogP contribution is 2.40. The summed E-state index contributed by atoms with van der Waals surface area (Å²) in [6, 6.07) is 6.11. The first-order valence-electron chi connectivity index (χ1n) is 9.54. The van der Waals surface area contributed by atoms with Crippen LogP contribution in [-0.2, 0) is 11.3 Å². The third-order valence-electron chi connectivity index (χ3n) is 4.69. The van der Waals surface area contributed by atoms with Crippen LogP contribution in [0.25, 0.3) is 0 Å². The number of hydrogen-bond acceptors (Lipinski definition) is 6. The van der Waals surface area contributed by atoms with Gasteiger partial charge in [0.15, 0.2) is 16.7 Å². The third kappa shape index (κ3) is 4.60. The Hall–Kier alpha value is -2.22. The molecule has 152 valence electrons. The van der Waals surface area contributed by atoms with Crippen molar-refractivity contribution in [3.8, 4) is 11.5 Å². The van der Waals surface area contributed by atoms with Crippen LogP contribution in [-0.4, -0.2) is 40.1 Å². The quantitative estimate of drug-likeness (QED) is 0.644. The molecule has 8 heteroatoms. The van der Waals surface area contributed by atoms with Gasteiger partial charge in [0.05, 0.1) is 19.5 Å². The Bertz CT molecular complexity index is 833. The first kappa shape index (κ1) is 20.5. The first-order valence-corrected chi connectivity index (χ1v) is 10.4. The smallest absolute Gasteiger partial charge is 0.233 e. The van der Waals surface area contributed by atoms with Crippen LogP contribution in [0.4, 0.5) is 0 Å². The summed E-state index contributed by atoms with van der Waals surface area (Å²) in [6.07, 6.45) is 2.32. The van der Waals surface area contributed by atoms with Crippen molar-refractivity contribution >= 4 is 17.7 Å². The van der Waals surface area contributed by atoms with Crippen molar-refractivity contribution in [2.45, 2.75) is 62.5 Å². The lowest BCUT2D eigenvalue weighted by molar-refractivity contribution is -0.120. The molecule has 0 aliphatic heterocycles. The molecule has 0 radical (unpaired) electrons. The molecule has 0 spiro atoms. The number of hydrogen-bond donors (Lipinski definition) is 1. The second kappa shape index (κ2) is 8.86. The Morgan fingerprint density at radius 3 is 2.54 bits per heavy atom. The maximum Gasteiger partial charge on any atom is 0.233 e. The number of amides is 1. The molecule has 1 amide bonds. The molecule has 1 fully saturated rings. The zero-order valence-electron chi connectivity index (χ0n) is 17.1. The van der Waals surface area contributed by atoms with E-state index >= 15 is 0 Å². The molecule has 0 unspecified atom stereocenters. The van der Waals surface area contributed by atoms with Crippen LogP contribution >= 0.6 is 11.8 Å². The van der Waals surface area contributed by atoms with Crippen LogP contribution in [0.3, 0.4) is 0 Å². The standard InChI is InChI=1S/C20H28N4O3S/c1-12(2)18-22-23-20(24(18)15-7-8-15)28-13(3)19(25)21-11-14-6-9-16(26-4)17(10-14)27-5/h6,9-10,12-13,15H,7-8,11H2,1-5H3,(H,21,25)/t13-/m0/s1. The fraction of sp³-hybridized carbons (Fsp3) is 0.550. The van der Waals surface area contributed by atoms with Crippen LogP contribution in [0.15, 0.2) is 23.4 Å². The van der Waals surface area contributed by atoms with E-state index in [9.17, 15) is 4.79 Å². The SMILES string of the molecule is COc1ccc(CNC(=O)[C@H](C)Sc2nnc(C(C)C)n2C2CC2)cc1OC. The van der Waals surface area contributed by atoms with E-state index in [1.54, 1.807) is 14.2 Å². The van der Waals surface area contributed by atoms with Gasteiger partial charge in [-0.2, -0.15) is 0 Å². The zero-order chi connectivity index (χ0) is 20.3. The van der Waals surface area contributed by atoms with Gasteiger partial charge in [-0.05, 0) is 37.5 Å². The molecule has 1 saturated carbocycles. The van der Waals surface area contributed by atoms with Crippen LogP contribution in [0, 0.1) is 0 Å². The van der Waals surface area contributed by atoms with Crippen LogP contribution in [0.5, 0.6) is 11.5 Å². The maximum atomic E-state index is 12.6. The van der Waals surface area contributed by atoms with Crippen molar-refractivity contribution in [3.63, 3.8) is 0 Å². The van der Waals surface area contributed by atoms with E-state index in [4.69, 9.17) is 9.47 Å². The van der Waals surface area contributed by atoms with E-state index < -0.39 is 0 Å². The molecule has 1 heterocycles. The molecule has 1 aliphatic rings. The number of methoxy groups -OCH3 is 2. The maximum absolute atomic E-state index is 12.6. The molecule has 2 aromatic rings. The number of ether oxygens (including phenoxy) is 2. The lowest BCUT2D eigenvalue weighted by atomic mass is 10.2. The van der Waals surface area contributed by atoms with E-state index in [-0.39, 0.29) is 11.2 Å². The van der Waals surface area contributed by atoms with Gasteiger partial charge < -0.3 is 19.4 Å². The highest BCUT2D eigenvalue weighted by atomic mass is 32.2. The lowest BCUT2D eigenvalue weighted by Gasteiger charge is -2.15. The zero-order valence-corrected chi connectivity index (χ0v) is 17.9. The van der Waals surface area contributed by atoms with Gasteiger partial charge >= 0.3 is 0 Å². The minimum Gasteiger partial charge on any atom is -0.493 e. The van der Waals surface area contributed by atoms with E-state index in [0.717, 1.165) is 29.4 Å². The molecular formula is C20H28N4O3S. The van der Waals surface area contributed by atoms with E-state index in [1.165, 1.54) is 11.8 Å². The Kier molecular flexibility index (Phi) is 6.49. The van der Waals surface area contributed by atoms with E-state index in [1.807, 2.05) is 25.1 Å². The van der Waals surface area contributed by atoms with Crippen molar-refractivity contribution in [2.75, 3.05) is 14.2 Å². The molecule has 1 aromatic heterocycles. The molecule has 28 heavy (non-hydrogen) atoms. The van der Waals surface area contributed by atoms with Crippen molar-refractivity contribution < 1.29 is 14.3 Å². The highest BCUT2D eigenvalue weighted by molar-refractivity contribution is 8.00. The van der Waals surface area contributed by atoms with Crippen molar-refractivity contribution in [3.05, 3.63) is 29.6 Å². The number of nitrogens with one attached hydrogen (secondary N) is 1. The fourth-order valence-electron chi connectivity index (χ4n) is 2.97. The summed E-state index contributed by atoms with van der Waals surface area (Å²) in [5.41, 5.74) is 0.950. The largest absolute Gasteiger partial charge is 0.493 e. The molecule has 1 N–H and O–H groups in total. The highest BCUT2D eigenvalue weighted by Gasteiger charge is 2.31. The number of carbonyl (C=O) groups is 1. The Labute approximate surface area is 170 Å². The first-order chi connectivity index (χ1) is 13.4. The number of aromatic nitrogens is 3. The summed E-state index contributed by atoms with van der Waals surface area (Å²) < 4.78 is 12.8. The molecule has 0 bridgehead atoms. The summed E-state index contributed by atoms with van der Waals surface area (Å²) in [5, 5.41) is 12.3. The normalized spacial score (nSPS) is 14.8. The van der Waals surface area contributed by atoms with E-state index in [0.29, 0.717) is 30.0 Å². The second-order valence-electron chi connectivity index (χ2n) is 7.26. The van der Waals surface area contributed by atoms with Crippen LogP contribution in [0.1, 0.15) is 57.0 Å². The lowest BCUT2D eigenvalue weighted by Crippen LogP contribution is -2.30. The van der Waals surface area contributed by atoms with E-state index in [2.05, 4.69) is 33.9 Å². The van der Waals surface area contributed by atoms with Gasteiger partial charge in [-0.25, -0.2) is 0 Å². The number of benzene rings is 1. The second-order valence-corrected chi connectivity index (χ2v) is 8.57. The van der Waals surface area contributed by atoms with Crippen molar-refractivity contribution in [2.24, 2.45) is 0 Å². The van der Waals surface area contributed by atoms with Crippen LogP contribution in [0.2, 0.25) is 0 Å². The molecule has 3 rings (SSSR count). The molecule has 1 atom stereocenters. The summed E-state index contributed by atoms with van der Waals surface area (Å²) in [6.45, 7) is 6.57. The van der Waals surface area contributed by atoms with Gasteiger partial charge in [0, 0.05) is 18.5 Å². The number of rotatable bonds is 9. The number of carbonyl (C=O) groups excluding carboxylic acids is 1. The monoisotopic (exact) mass is 404 g/mol. The fourth-order valence-corrected chi connectivity index (χ4v) is 3.92. The summed E-state index contributed by atoms with van der Waals surface area (Å²) in [5.74, 6) is 2.60. The Balaban J connectivity index is 1.61. The van der Waals surface area contributed by atoms with Gasteiger partial charge in [-0.15, -0.1) is 10.2 Å². The summed E-state index contributed by atoms with van der Waals surface area (Å²) >= 11 is 1.47. The predicted octanol–water partition coefficient (Wildman–Crippen LogP) is 3.55. The van der Waals surface area contributed by atoms with Gasteiger partial charge in [0.25, 0.3) is 0 Å². The average Bonchev–Trinajstić information content (AvgIpc) is 3.45. The van der Waals surface area contributed by atoms with Gasteiger partial charge in [0.1, 0.15) is 5.82 Å². The molecule has 1 aliphatic carbocycles. The molecule has 7 nitrogen and oxygen atoms in total. The Morgan fingerprint density at radius 1 is 1.21 bits per heavy atom. The number of thioether (sulfide) groups is 1. The topological polar surface area (TPSA) is 78.3 Å². The molecule has 1 aromatic carbocycles. The molecule has 0 saturated heterocycles. The Morgan fingerprint density at radius 2 is 1.93 bits per heavy atom. The summed E-state index contributed by atoms with van der Waals surface area (Å²) in [7, 11) is 3.20. The van der Waals surface area contributed by atoms with Gasteiger partial charge in [-0.1, -0.05) is 31.7 Å². The van der Waals surface area contributed by atoms with Crippen LogP contribution < -0.4 is 14.8 Å². The predicted molar refractivity (Wildman–Crippen MR) is 109 cm³/mol. The van der Waals surface area contributed by atoms with Gasteiger partial charge in [-0.3, -0.25) is 4.79 Å². The third-order valence-corrected chi connectivity index (χ3v) is 5.74. The van der Waals surface area contributed by atoms with Gasteiger partial charge in [0.2, 0.25) is 5.91 Å². The minimum absolute atomic E-state index is 0.0313. The molecular weight excluding hydrogens is 376 g/mol. The average molecular weight is 405 g/mol. The van der Waals surface area contributed by atoms with Crippen molar-refractivity contribution in [1.82, 2.24) is 20.1 Å².